The van der Waals surface area contributed by atoms with Gasteiger partial charge >= 0.3 is 6.09 Å². The summed E-state index contributed by atoms with van der Waals surface area (Å²) < 4.78 is 4.96. The van der Waals surface area contributed by atoms with Crippen molar-refractivity contribution in [3.63, 3.8) is 0 Å². The van der Waals surface area contributed by atoms with Crippen molar-refractivity contribution in [1.29, 1.82) is 0 Å². The lowest BCUT2D eigenvalue weighted by atomic mass is 10.3. The van der Waals surface area contributed by atoms with Gasteiger partial charge in [-0.25, -0.2) is 4.79 Å². The summed E-state index contributed by atoms with van der Waals surface area (Å²) in [5, 5.41) is 2.48. The van der Waals surface area contributed by atoms with Crippen LogP contribution in [0.3, 0.4) is 0 Å². The van der Waals surface area contributed by atoms with E-state index in [0.717, 1.165) is 0 Å². The number of hydrogen-bond acceptors (Lipinski definition) is 5. The predicted octanol–water partition coefficient (Wildman–Crippen LogP) is -0.222. The number of hydrogen-bond donors (Lipinski definition) is 2. The van der Waals surface area contributed by atoms with Crippen molar-refractivity contribution < 1.29 is 19.1 Å². The molecule has 22 heavy (non-hydrogen) atoms. The summed E-state index contributed by atoms with van der Waals surface area (Å²) in [4.78, 5) is 37.8. The first-order valence-electron chi connectivity index (χ1n) is 7.58. The third kappa shape index (κ3) is 8.46. The topological polar surface area (TPSA) is 105 Å². The Kier molecular flexibility index (Phi) is 10.8. The van der Waals surface area contributed by atoms with Crippen molar-refractivity contribution in [2.75, 3.05) is 46.4 Å². The van der Waals surface area contributed by atoms with E-state index in [0.29, 0.717) is 45.6 Å². The number of carbonyl (C=O) groups is 3. The third-order valence-corrected chi connectivity index (χ3v) is 3.10. The highest BCUT2D eigenvalue weighted by Gasteiger charge is 2.14. The van der Waals surface area contributed by atoms with Gasteiger partial charge in [0.25, 0.3) is 0 Å². The SMILES string of the molecule is CCC(=O)N(C)CCN(CCOC(=O)NCCN)C(=O)CC. The van der Waals surface area contributed by atoms with Crippen molar-refractivity contribution in [3.05, 3.63) is 0 Å². The van der Waals surface area contributed by atoms with Gasteiger partial charge in [-0.05, 0) is 0 Å². The van der Waals surface area contributed by atoms with Crippen LogP contribution >= 0.6 is 0 Å². The molecular formula is C14H28N4O4. The monoisotopic (exact) mass is 316 g/mol. The van der Waals surface area contributed by atoms with E-state index in [-0.39, 0.29) is 18.4 Å². The van der Waals surface area contributed by atoms with E-state index in [1.54, 1.807) is 30.7 Å². The zero-order valence-corrected chi connectivity index (χ0v) is 13.8. The number of nitrogens with two attached hydrogens (primary N) is 1. The summed E-state index contributed by atoms with van der Waals surface area (Å²) in [5.41, 5.74) is 5.26. The van der Waals surface area contributed by atoms with E-state index >= 15 is 0 Å². The van der Waals surface area contributed by atoms with Gasteiger partial charge in [0, 0.05) is 46.1 Å². The minimum absolute atomic E-state index is 0.0290. The Labute approximate surface area is 131 Å². The first-order valence-corrected chi connectivity index (χ1v) is 7.58. The maximum absolute atomic E-state index is 11.9. The average molecular weight is 316 g/mol. The molecule has 8 heteroatoms. The van der Waals surface area contributed by atoms with Crippen LogP contribution in [0.1, 0.15) is 26.7 Å². The van der Waals surface area contributed by atoms with E-state index in [2.05, 4.69) is 5.32 Å². The standard InChI is InChI=1S/C14H28N4O4/c1-4-12(19)17(3)8-9-18(13(20)5-2)10-11-22-14(21)16-7-6-15/h4-11,15H2,1-3H3,(H,16,21). The molecule has 0 aromatic heterocycles. The molecule has 128 valence electrons. The lowest BCUT2D eigenvalue weighted by Gasteiger charge is -2.25. The lowest BCUT2D eigenvalue weighted by molar-refractivity contribution is -0.134. The first kappa shape index (κ1) is 20.2. The molecule has 0 aliphatic rings. The Morgan fingerprint density at radius 2 is 1.68 bits per heavy atom. The second-order valence-electron chi connectivity index (χ2n) is 4.75. The molecule has 0 heterocycles. The highest BCUT2D eigenvalue weighted by molar-refractivity contribution is 5.77. The molecule has 0 aliphatic carbocycles. The number of amides is 3. The molecule has 0 unspecified atom stereocenters. The Morgan fingerprint density at radius 1 is 1.05 bits per heavy atom. The number of likely N-dealkylation sites (N-methyl/N-ethyl adjacent to an activating group) is 1. The van der Waals surface area contributed by atoms with Crippen LogP contribution < -0.4 is 11.1 Å². The van der Waals surface area contributed by atoms with Crippen LogP contribution in [0, 0.1) is 0 Å². The minimum atomic E-state index is -0.548. The molecule has 0 fully saturated rings. The van der Waals surface area contributed by atoms with Crippen LogP contribution in [0.15, 0.2) is 0 Å². The predicted molar refractivity (Wildman–Crippen MR) is 83.2 cm³/mol. The second-order valence-corrected chi connectivity index (χ2v) is 4.75. The summed E-state index contributed by atoms with van der Waals surface area (Å²) in [6, 6.07) is 0. The minimum Gasteiger partial charge on any atom is -0.448 e. The summed E-state index contributed by atoms with van der Waals surface area (Å²) >= 11 is 0. The van der Waals surface area contributed by atoms with Crippen molar-refractivity contribution >= 4 is 17.9 Å². The molecule has 3 amide bonds. The summed E-state index contributed by atoms with van der Waals surface area (Å²) in [5.74, 6) is -0.00961. The van der Waals surface area contributed by atoms with Crippen molar-refractivity contribution in [2.45, 2.75) is 26.7 Å². The summed E-state index contributed by atoms with van der Waals surface area (Å²) in [6.45, 7) is 5.53. The van der Waals surface area contributed by atoms with Crippen LogP contribution in [0.2, 0.25) is 0 Å². The largest absolute Gasteiger partial charge is 0.448 e. The van der Waals surface area contributed by atoms with Crippen LogP contribution in [0.5, 0.6) is 0 Å². The van der Waals surface area contributed by atoms with E-state index in [4.69, 9.17) is 10.5 Å². The molecule has 0 aromatic carbocycles. The van der Waals surface area contributed by atoms with Gasteiger partial charge < -0.3 is 25.6 Å². The summed E-state index contributed by atoms with van der Waals surface area (Å²) in [6.07, 6.45) is 0.251. The molecule has 0 aromatic rings. The molecule has 0 spiro atoms. The highest BCUT2D eigenvalue weighted by Crippen LogP contribution is 1.97. The van der Waals surface area contributed by atoms with E-state index in [1.807, 2.05) is 0 Å². The number of ether oxygens (including phenoxy) is 1. The molecule has 0 radical (unpaired) electrons. The van der Waals surface area contributed by atoms with Crippen LogP contribution in [-0.4, -0.2) is 74.1 Å². The Balaban J connectivity index is 4.21. The molecule has 0 aliphatic heterocycles. The first-order chi connectivity index (χ1) is 10.5. The zero-order valence-electron chi connectivity index (χ0n) is 13.8. The van der Waals surface area contributed by atoms with Gasteiger partial charge in [0.1, 0.15) is 6.61 Å². The Morgan fingerprint density at radius 3 is 2.23 bits per heavy atom. The average Bonchev–Trinajstić information content (AvgIpc) is 2.53. The molecule has 0 rings (SSSR count). The highest BCUT2D eigenvalue weighted by atomic mass is 16.5. The molecule has 0 bridgehead atoms. The zero-order chi connectivity index (χ0) is 17.0. The van der Waals surface area contributed by atoms with Gasteiger partial charge in [-0.15, -0.1) is 0 Å². The van der Waals surface area contributed by atoms with Crippen LogP contribution in [0.25, 0.3) is 0 Å². The Bertz CT molecular complexity index is 363. The second kappa shape index (κ2) is 11.8. The fraction of sp³-hybridized carbons (Fsp3) is 0.786. The van der Waals surface area contributed by atoms with Gasteiger partial charge in [-0.1, -0.05) is 13.8 Å². The fourth-order valence-corrected chi connectivity index (χ4v) is 1.72. The maximum atomic E-state index is 11.9. The molecule has 3 N–H and O–H groups in total. The maximum Gasteiger partial charge on any atom is 0.407 e. The van der Waals surface area contributed by atoms with Gasteiger partial charge in [0.15, 0.2) is 0 Å². The molecule has 0 saturated carbocycles. The third-order valence-electron chi connectivity index (χ3n) is 3.10. The fourth-order valence-electron chi connectivity index (χ4n) is 1.72. The molecule has 0 saturated heterocycles. The number of carbonyl (C=O) groups excluding carboxylic acids is 3. The van der Waals surface area contributed by atoms with Crippen molar-refractivity contribution in [3.8, 4) is 0 Å². The molecule has 8 nitrogen and oxygen atoms in total. The quantitative estimate of drug-likeness (QED) is 0.579. The smallest absolute Gasteiger partial charge is 0.407 e. The van der Waals surface area contributed by atoms with E-state index < -0.39 is 6.09 Å². The summed E-state index contributed by atoms with van der Waals surface area (Å²) in [7, 11) is 1.71. The number of rotatable bonds is 10. The van der Waals surface area contributed by atoms with E-state index in [9.17, 15) is 14.4 Å². The van der Waals surface area contributed by atoms with Gasteiger partial charge in [-0.2, -0.15) is 0 Å². The number of nitrogens with zero attached hydrogens (tertiary/aromatic N) is 2. The van der Waals surface area contributed by atoms with Gasteiger partial charge in [-0.3, -0.25) is 9.59 Å². The lowest BCUT2D eigenvalue weighted by Crippen LogP contribution is -2.41. The van der Waals surface area contributed by atoms with Gasteiger partial charge in [0.2, 0.25) is 11.8 Å². The molecule has 0 atom stereocenters. The normalized spacial score (nSPS) is 10.0. The van der Waals surface area contributed by atoms with Crippen molar-refractivity contribution in [2.24, 2.45) is 5.73 Å². The van der Waals surface area contributed by atoms with E-state index in [1.165, 1.54) is 0 Å². The number of alkyl carbamates (subject to hydrolysis) is 1. The van der Waals surface area contributed by atoms with Crippen molar-refractivity contribution in [1.82, 2.24) is 15.1 Å². The van der Waals surface area contributed by atoms with Gasteiger partial charge in [0.05, 0.1) is 6.54 Å². The Hall–Kier alpha value is -1.83. The molecular weight excluding hydrogens is 288 g/mol. The number of nitrogens with one attached hydrogen (secondary N) is 1. The van der Waals surface area contributed by atoms with Crippen LogP contribution in [-0.2, 0) is 14.3 Å². The van der Waals surface area contributed by atoms with Crippen LogP contribution in [0.4, 0.5) is 4.79 Å².